The first-order valence-electron chi connectivity index (χ1n) is 11.3. The number of benzene rings is 2. The molecule has 1 N–H and O–H groups in total. The van der Waals surface area contributed by atoms with Crippen molar-refractivity contribution in [1.82, 2.24) is 10.2 Å². The molecule has 2 aromatic rings. The summed E-state index contributed by atoms with van der Waals surface area (Å²) in [7, 11) is -2.25. The predicted octanol–water partition coefficient (Wildman–Crippen LogP) is 3.10. The van der Waals surface area contributed by atoms with Gasteiger partial charge in [0.2, 0.25) is 21.8 Å². The molecular formula is C25H35N3O5S. The minimum absolute atomic E-state index is 0.184. The number of aryl methyl sites for hydroxylation is 1. The molecule has 0 unspecified atom stereocenters. The normalized spacial score (nSPS) is 12.0. The molecule has 0 spiro atoms. The lowest BCUT2D eigenvalue weighted by molar-refractivity contribution is -0.139. The average Bonchev–Trinajstić information content (AvgIpc) is 2.80. The van der Waals surface area contributed by atoms with Crippen LogP contribution in [-0.2, 0) is 26.2 Å². The van der Waals surface area contributed by atoms with Gasteiger partial charge in [-0.1, -0.05) is 43.2 Å². The van der Waals surface area contributed by atoms with Gasteiger partial charge in [-0.25, -0.2) is 8.42 Å². The standard InChI is InChI=1S/C25H35N3O5S/c1-6-7-15-26-25(30)20(3)27(17-21-10-8-9-19(2)16-21)24(29)18-28(34(5,31)32)22-11-13-23(33-4)14-12-22/h8-14,16,20H,6-7,15,17-18H2,1-5H3,(H,26,30)/t20-/m0/s1. The van der Waals surface area contributed by atoms with Crippen LogP contribution in [0.3, 0.4) is 0 Å². The van der Waals surface area contributed by atoms with Crippen molar-refractivity contribution in [2.45, 2.75) is 46.2 Å². The Morgan fingerprint density at radius 2 is 1.79 bits per heavy atom. The fourth-order valence-electron chi connectivity index (χ4n) is 3.49. The SMILES string of the molecule is CCCCNC(=O)[C@H](C)N(Cc1cccc(C)c1)C(=O)CN(c1ccc(OC)cc1)S(C)(=O)=O. The number of hydrogen-bond acceptors (Lipinski definition) is 5. The van der Waals surface area contributed by atoms with Gasteiger partial charge in [0.25, 0.3) is 0 Å². The number of rotatable bonds is 12. The van der Waals surface area contributed by atoms with Crippen LogP contribution in [0.1, 0.15) is 37.8 Å². The second-order valence-electron chi connectivity index (χ2n) is 8.30. The molecule has 0 aliphatic carbocycles. The van der Waals surface area contributed by atoms with Crippen molar-refractivity contribution in [3.63, 3.8) is 0 Å². The first-order chi connectivity index (χ1) is 16.1. The van der Waals surface area contributed by atoms with E-state index in [9.17, 15) is 18.0 Å². The Morgan fingerprint density at radius 1 is 1.12 bits per heavy atom. The fourth-order valence-corrected chi connectivity index (χ4v) is 4.34. The molecule has 1 atom stereocenters. The van der Waals surface area contributed by atoms with Crippen LogP contribution in [0.25, 0.3) is 0 Å². The molecule has 34 heavy (non-hydrogen) atoms. The third kappa shape index (κ3) is 7.76. The molecule has 186 valence electrons. The van der Waals surface area contributed by atoms with Crippen molar-refractivity contribution < 1.29 is 22.7 Å². The maximum atomic E-state index is 13.5. The summed E-state index contributed by atoms with van der Waals surface area (Å²) in [6.07, 6.45) is 2.83. The van der Waals surface area contributed by atoms with Gasteiger partial charge in [-0.3, -0.25) is 13.9 Å². The Labute approximate surface area is 202 Å². The number of carbonyl (C=O) groups is 2. The van der Waals surface area contributed by atoms with E-state index in [-0.39, 0.29) is 12.5 Å². The number of sulfonamides is 1. The first-order valence-corrected chi connectivity index (χ1v) is 13.2. The monoisotopic (exact) mass is 489 g/mol. The van der Waals surface area contributed by atoms with E-state index in [1.807, 2.05) is 38.1 Å². The van der Waals surface area contributed by atoms with E-state index in [4.69, 9.17) is 4.74 Å². The molecule has 2 rings (SSSR count). The average molecular weight is 490 g/mol. The zero-order chi connectivity index (χ0) is 25.3. The largest absolute Gasteiger partial charge is 0.497 e. The molecule has 0 heterocycles. The lowest BCUT2D eigenvalue weighted by Crippen LogP contribution is -2.51. The van der Waals surface area contributed by atoms with E-state index in [2.05, 4.69) is 5.32 Å². The number of nitrogens with zero attached hydrogens (tertiary/aromatic N) is 2. The van der Waals surface area contributed by atoms with Gasteiger partial charge in [-0.05, 0) is 50.1 Å². The molecule has 0 saturated heterocycles. The zero-order valence-corrected chi connectivity index (χ0v) is 21.4. The highest BCUT2D eigenvalue weighted by Crippen LogP contribution is 2.22. The van der Waals surface area contributed by atoms with Gasteiger partial charge in [-0.15, -0.1) is 0 Å². The van der Waals surface area contributed by atoms with E-state index in [0.29, 0.717) is 18.0 Å². The number of amides is 2. The van der Waals surface area contributed by atoms with Gasteiger partial charge in [0.15, 0.2) is 0 Å². The molecule has 0 bridgehead atoms. The minimum Gasteiger partial charge on any atom is -0.497 e. The van der Waals surface area contributed by atoms with Crippen LogP contribution in [0.15, 0.2) is 48.5 Å². The third-order valence-electron chi connectivity index (χ3n) is 5.47. The molecule has 8 nitrogen and oxygen atoms in total. The number of methoxy groups -OCH3 is 1. The van der Waals surface area contributed by atoms with Crippen molar-refractivity contribution in [2.24, 2.45) is 0 Å². The summed E-state index contributed by atoms with van der Waals surface area (Å²) in [5, 5.41) is 2.87. The topological polar surface area (TPSA) is 96.0 Å². The number of ether oxygens (including phenoxy) is 1. The Morgan fingerprint density at radius 3 is 2.35 bits per heavy atom. The van der Waals surface area contributed by atoms with Crippen molar-refractivity contribution in [3.8, 4) is 5.75 Å². The van der Waals surface area contributed by atoms with Crippen LogP contribution in [0, 0.1) is 6.92 Å². The van der Waals surface area contributed by atoms with Crippen LogP contribution < -0.4 is 14.4 Å². The van der Waals surface area contributed by atoms with E-state index < -0.39 is 28.5 Å². The lowest BCUT2D eigenvalue weighted by atomic mass is 10.1. The van der Waals surface area contributed by atoms with Crippen LogP contribution in [0.4, 0.5) is 5.69 Å². The van der Waals surface area contributed by atoms with E-state index in [1.165, 1.54) is 12.0 Å². The molecular weight excluding hydrogens is 454 g/mol. The molecule has 0 radical (unpaired) electrons. The van der Waals surface area contributed by atoms with Crippen LogP contribution in [0.5, 0.6) is 5.75 Å². The highest BCUT2D eigenvalue weighted by molar-refractivity contribution is 7.92. The zero-order valence-electron chi connectivity index (χ0n) is 20.6. The third-order valence-corrected chi connectivity index (χ3v) is 6.61. The summed E-state index contributed by atoms with van der Waals surface area (Å²) < 4.78 is 31.3. The minimum atomic E-state index is -3.76. The molecule has 2 amide bonds. The molecule has 2 aromatic carbocycles. The number of unbranched alkanes of at least 4 members (excludes halogenated alkanes) is 1. The fraction of sp³-hybridized carbons (Fsp3) is 0.440. The van der Waals surface area contributed by atoms with Gasteiger partial charge in [-0.2, -0.15) is 0 Å². The second kappa shape index (κ2) is 12.4. The van der Waals surface area contributed by atoms with Gasteiger partial charge < -0.3 is 15.0 Å². The molecule has 0 aliphatic heterocycles. The summed E-state index contributed by atoms with van der Waals surface area (Å²) in [6.45, 7) is 5.92. The summed E-state index contributed by atoms with van der Waals surface area (Å²) >= 11 is 0. The molecule has 0 aliphatic rings. The predicted molar refractivity (Wildman–Crippen MR) is 134 cm³/mol. The van der Waals surface area contributed by atoms with E-state index >= 15 is 0 Å². The molecule has 0 saturated carbocycles. The highest BCUT2D eigenvalue weighted by atomic mass is 32.2. The van der Waals surface area contributed by atoms with Crippen LogP contribution in [0.2, 0.25) is 0 Å². The maximum absolute atomic E-state index is 13.5. The summed E-state index contributed by atoms with van der Waals surface area (Å²) in [4.78, 5) is 27.7. The molecule has 0 fully saturated rings. The number of nitrogens with one attached hydrogen (secondary N) is 1. The lowest BCUT2D eigenvalue weighted by Gasteiger charge is -2.31. The van der Waals surface area contributed by atoms with Gasteiger partial charge >= 0.3 is 0 Å². The van der Waals surface area contributed by atoms with Gasteiger partial charge in [0.05, 0.1) is 19.1 Å². The number of carbonyl (C=O) groups excluding carboxylic acids is 2. The Balaban J connectivity index is 2.34. The van der Waals surface area contributed by atoms with Crippen molar-refractivity contribution in [1.29, 1.82) is 0 Å². The molecule has 0 aromatic heterocycles. The van der Waals surface area contributed by atoms with Crippen LogP contribution >= 0.6 is 0 Å². The first kappa shape index (κ1) is 27.2. The van der Waals surface area contributed by atoms with Crippen molar-refractivity contribution in [3.05, 3.63) is 59.7 Å². The smallest absolute Gasteiger partial charge is 0.244 e. The summed E-state index contributed by atoms with van der Waals surface area (Å²) in [6, 6.07) is 13.3. The van der Waals surface area contributed by atoms with Crippen molar-refractivity contribution in [2.75, 3.05) is 30.8 Å². The molecule has 9 heteroatoms. The highest BCUT2D eigenvalue weighted by Gasteiger charge is 2.30. The van der Waals surface area contributed by atoms with Crippen molar-refractivity contribution >= 4 is 27.5 Å². The Kier molecular flexibility index (Phi) is 9.92. The number of hydrogen-bond donors (Lipinski definition) is 1. The summed E-state index contributed by atoms with van der Waals surface area (Å²) in [5.41, 5.74) is 2.23. The van der Waals surface area contributed by atoms with E-state index in [1.54, 1.807) is 31.2 Å². The van der Waals surface area contributed by atoms with Gasteiger partial charge in [0.1, 0.15) is 18.3 Å². The number of anilines is 1. The Bertz CT molecular complexity index is 1070. The second-order valence-corrected chi connectivity index (χ2v) is 10.2. The maximum Gasteiger partial charge on any atom is 0.244 e. The quantitative estimate of drug-likeness (QED) is 0.462. The summed E-state index contributed by atoms with van der Waals surface area (Å²) in [5.74, 6) is -0.173. The Hall–Kier alpha value is -3.07. The van der Waals surface area contributed by atoms with E-state index in [0.717, 1.165) is 34.5 Å². The van der Waals surface area contributed by atoms with Gasteiger partial charge in [0, 0.05) is 13.1 Å². The van der Waals surface area contributed by atoms with Crippen LogP contribution in [-0.4, -0.2) is 57.6 Å².